The summed E-state index contributed by atoms with van der Waals surface area (Å²) in [6.45, 7) is 0. The Morgan fingerprint density at radius 1 is 0.241 bits per heavy atom. The van der Waals surface area contributed by atoms with Crippen molar-refractivity contribution in [2.24, 2.45) is 35.5 Å². The van der Waals surface area contributed by atoms with Gasteiger partial charge in [0.25, 0.3) is 0 Å². The topological polar surface area (TPSA) is 0 Å². The third kappa shape index (κ3) is 13.7. The van der Waals surface area contributed by atoms with Gasteiger partial charge in [-0.25, -0.2) is 0 Å². The van der Waals surface area contributed by atoms with Crippen LogP contribution in [0.5, 0.6) is 0 Å². The summed E-state index contributed by atoms with van der Waals surface area (Å²) in [7, 11) is 0. The van der Waals surface area contributed by atoms with Crippen molar-refractivity contribution in [1.29, 1.82) is 0 Å². The summed E-state index contributed by atoms with van der Waals surface area (Å²) >= 11 is 13.3. The average Bonchev–Trinajstić information content (AvgIpc) is 3.21. The van der Waals surface area contributed by atoms with Crippen molar-refractivity contribution in [2.75, 3.05) is 34.5 Å². The third-order valence-corrected chi connectivity index (χ3v) is 20.3. The summed E-state index contributed by atoms with van der Waals surface area (Å²) in [5.74, 6) is 20.8. The summed E-state index contributed by atoms with van der Waals surface area (Å²) in [5, 5.41) is 0. The predicted octanol–water partition coefficient (Wildman–Crippen LogP) is 14.9. The summed E-state index contributed by atoms with van der Waals surface area (Å²) in [6, 6.07) is 28.1. The average molecular weight is 835 g/mol. The van der Waals surface area contributed by atoms with Crippen LogP contribution in [0.1, 0.15) is 110 Å². The van der Waals surface area contributed by atoms with E-state index in [0.717, 1.165) is 35.5 Å². The number of thioether (sulfide) groups is 6. The van der Waals surface area contributed by atoms with Gasteiger partial charge in [0.15, 0.2) is 0 Å². The SMILES string of the molecule is c1ccc2c(c1)CSCC1CCC(CC1)CSCc1ccccc1CSCC1CCC(CC1)CSCc1ccccc1CSCC1CCC(CC1)CSC2. The van der Waals surface area contributed by atoms with Crippen molar-refractivity contribution in [2.45, 2.75) is 112 Å². The number of benzene rings is 3. The molecule has 0 saturated heterocycles. The van der Waals surface area contributed by atoms with Crippen LogP contribution in [0.25, 0.3) is 0 Å². The van der Waals surface area contributed by atoms with E-state index >= 15 is 0 Å². The van der Waals surface area contributed by atoms with E-state index in [4.69, 9.17) is 0 Å². The molecule has 0 amide bonds. The molecular formula is C48H66S6. The van der Waals surface area contributed by atoms with Crippen molar-refractivity contribution in [3.05, 3.63) is 106 Å². The quantitative estimate of drug-likeness (QED) is 0.220. The van der Waals surface area contributed by atoms with Crippen LogP contribution in [0.15, 0.2) is 72.8 Å². The second-order valence-corrected chi connectivity index (χ2v) is 23.2. The van der Waals surface area contributed by atoms with Gasteiger partial charge in [0.05, 0.1) is 0 Å². The van der Waals surface area contributed by atoms with Gasteiger partial charge in [-0.1, -0.05) is 72.8 Å². The smallest absolute Gasteiger partial charge is 0.0187 e. The fourth-order valence-electron chi connectivity index (χ4n) is 9.23. The minimum Gasteiger partial charge on any atom is -0.157 e. The van der Waals surface area contributed by atoms with Gasteiger partial charge in [-0.2, -0.15) is 70.6 Å². The number of hydrogen-bond donors (Lipinski definition) is 0. The molecule has 0 atom stereocenters. The first kappa shape index (κ1) is 41.9. The molecule has 54 heavy (non-hydrogen) atoms. The van der Waals surface area contributed by atoms with Crippen LogP contribution >= 0.6 is 70.6 Å². The highest BCUT2D eigenvalue weighted by molar-refractivity contribution is 7.99. The van der Waals surface area contributed by atoms with Crippen molar-refractivity contribution in [3.8, 4) is 0 Å². The molecule has 3 saturated carbocycles. The van der Waals surface area contributed by atoms with Gasteiger partial charge < -0.3 is 0 Å². The fraction of sp³-hybridized carbons (Fsp3) is 0.625. The van der Waals surface area contributed by atoms with Crippen LogP contribution < -0.4 is 0 Å². The number of hydrogen-bond acceptors (Lipinski definition) is 6. The molecule has 3 aromatic rings. The van der Waals surface area contributed by atoms with Crippen LogP contribution in [-0.4, -0.2) is 34.5 Å². The molecule has 6 bridgehead atoms. The molecule has 0 spiro atoms. The van der Waals surface area contributed by atoms with Gasteiger partial charge >= 0.3 is 0 Å². The summed E-state index contributed by atoms with van der Waals surface area (Å²) in [6.07, 6.45) is 17.3. The van der Waals surface area contributed by atoms with Crippen LogP contribution in [-0.2, 0) is 34.5 Å². The highest BCUT2D eigenvalue weighted by Crippen LogP contribution is 2.38. The van der Waals surface area contributed by atoms with E-state index in [-0.39, 0.29) is 0 Å². The number of rotatable bonds is 0. The largest absolute Gasteiger partial charge is 0.157 e. The normalized spacial score (nSPS) is 29.1. The first-order valence-corrected chi connectivity index (χ1v) is 28.3. The van der Waals surface area contributed by atoms with Crippen LogP contribution in [0.2, 0.25) is 0 Å². The molecule has 3 aliphatic carbocycles. The lowest BCUT2D eigenvalue weighted by Crippen LogP contribution is -2.18. The minimum atomic E-state index is 0.922. The van der Waals surface area contributed by atoms with Gasteiger partial charge in [0.1, 0.15) is 0 Å². The summed E-state index contributed by atoms with van der Waals surface area (Å²) in [4.78, 5) is 0. The second-order valence-electron chi connectivity index (χ2n) is 17.1. The zero-order chi connectivity index (χ0) is 36.6. The first-order chi connectivity index (χ1) is 26.7. The van der Waals surface area contributed by atoms with E-state index in [1.807, 2.05) is 0 Å². The van der Waals surface area contributed by atoms with E-state index < -0.39 is 0 Å². The molecule has 0 N–H and O–H groups in total. The van der Waals surface area contributed by atoms with Crippen LogP contribution in [0, 0.1) is 35.5 Å². The highest BCUT2D eigenvalue weighted by Gasteiger charge is 2.24. The Morgan fingerprint density at radius 3 is 0.537 bits per heavy atom. The Kier molecular flexibility index (Phi) is 18.1. The van der Waals surface area contributed by atoms with Crippen molar-refractivity contribution in [3.63, 3.8) is 0 Å². The maximum Gasteiger partial charge on any atom is 0.0187 e. The molecule has 0 aromatic heterocycles. The van der Waals surface area contributed by atoms with E-state index in [1.165, 1.54) is 146 Å². The van der Waals surface area contributed by atoms with Gasteiger partial charge in [-0.05, 0) is 180 Å². The monoisotopic (exact) mass is 834 g/mol. The Labute approximate surface area is 355 Å². The molecule has 3 aromatic carbocycles. The molecule has 0 radical (unpaired) electrons. The van der Waals surface area contributed by atoms with Crippen molar-refractivity contribution >= 4 is 70.6 Å². The molecular weight excluding hydrogens is 769 g/mol. The van der Waals surface area contributed by atoms with E-state index in [9.17, 15) is 0 Å². The summed E-state index contributed by atoms with van der Waals surface area (Å²) < 4.78 is 0. The maximum atomic E-state index is 2.41. The Morgan fingerprint density at radius 2 is 0.389 bits per heavy atom. The zero-order valence-electron chi connectivity index (χ0n) is 32.8. The van der Waals surface area contributed by atoms with Gasteiger partial charge in [-0.3, -0.25) is 0 Å². The Bertz CT molecular complexity index is 1210. The molecule has 4 heterocycles. The Hall–Kier alpha value is -0.240. The lowest BCUT2D eigenvalue weighted by atomic mass is 9.84. The first-order valence-electron chi connectivity index (χ1n) is 21.4. The van der Waals surface area contributed by atoms with Gasteiger partial charge in [-0.15, -0.1) is 0 Å². The minimum absolute atomic E-state index is 0.922. The molecule has 4 aliphatic heterocycles. The predicted molar refractivity (Wildman–Crippen MR) is 253 cm³/mol. The molecule has 7 aliphatic rings. The van der Waals surface area contributed by atoms with E-state index in [0.29, 0.717) is 0 Å². The van der Waals surface area contributed by atoms with Crippen LogP contribution in [0.3, 0.4) is 0 Å². The molecule has 3 fully saturated rings. The lowest BCUT2D eigenvalue weighted by Gasteiger charge is -2.29. The van der Waals surface area contributed by atoms with E-state index in [1.54, 1.807) is 33.4 Å². The second kappa shape index (κ2) is 23.4. The van der Waals surface area contributed by atoms with Crippen LogP contribution in [0.4, 0.5) is 0 Å². The Balaban J connectivity index is 0.912. The molecule has 6 heteroatoms. The standard InChI is InChI=1S/C48H66S6/c1-2-8-44-32-50-26-38-17-19-40(20-18-38)28-52-34-46-10-5-6-12-48(46)36-54-30-42-23-21-41(22-24-42)29-53-35-47-11-4-3-9-45(47)33-51-27-39-15-13-37(14-16-39)25-49-31-43(44)7-1/h1-12,37-42H,13-36H2. The zero-order valence-corrected chi connectivity index (χ0v) is 37.7. The van der Waals surface area contributed by atoms with Crippen molar-refractivity contribution in [1.82, 2.24) is 0 Å². The third-order valence-electron chi connectivity index (χ3n) is 12.9. The van der Waals surface area contributed by atoms with Gasteiger partial charge in [0, 0.05) is 34.5 Å². The molecule has 294 valence electrons. The molecule has 10 rings (SSSR count). The summed E-state index contributed by atoms with van der Waals surface area (Å²) in [5.41, 5.74) is 9.56. The lowest BCUT2D eigenvalue weighted by molar-refractivity contribution is 0.315. The van der Waals surface area contributed by atoms with Gasteiger partial charge in [0.2, 0.25) is 0 Å². The fourth-order valence-corrected chi connectivity index (χ4v) is 16.9. The maximum absolute atomic E-state index is 2.41. The highest BCUT2D eigenvalue weighted by atomic mass is 32.2. The molecule has 0 nitrogen and oxygen atoms in total. The van der Waals surface area contributed by atoms with E-state index in [2.05, 4.69) is 143 Å². The molecule has 0 unspecified atom stereocenters. The van der Waals surface area contributed by atoms with Crippen molar-refractivity contribution < 1.29 is 0 Å². The number of fused-ring (bicyclic) bond motifs is 3.